The van der Waals surface area contributed by atoms with E-state index in [2.05, 4.69) is 71.1 Å². The van der Waals surface area contributed by atoms with Crippen molar-refractivity contribution in [3.63, 3.8) is 0 Å². The fourth-order valence-electron chi connectivity index (χ4n) is 2.54. The van der Waals surface area contributed by atoms with Crippen molar-refractivity contribution in [2.75, 3.05) is 0 Å². The number of hydrogen-bond acceptors (Lipinski definition) is 2. The zero-order valence-electron chi connectivity index (χ0n) is 14.1. The molecule has 0 aliphatic carbocycles. The van der Waals surface area contributed by atoms with Gasteiger partial charge in [0, 0.05) is 11.6 Å². The standard InChI is InChI=1S/C17H27N3/c1-11(2)13-14-12(16(3,4)5)9-10-18-20(14)15(19-13)17(6,7)8/h9-11H,1-8H3. The maximum absolute atomic E-state index is 4.93. The van der Waals surface area contributed by atoms with Gasteiger partial charge >= 0.3 is 0 Å². The van der Waals surface area contributed by atoms with Crippen LogP contribution in [-0.2, 0) is 10.8 Å². The van der Waals surface area contributed by atoms with E-state index in [9.17, 15) is 0 Å². The predicted octanol–water partition coefficient (Wildman–Crippen LogP) is 4.45. The average Bonchev–Trinajstić information content (AvgIpc) is 2.65. The second-order valence-corrected chi connectivity index (χ2v) is 7.98. The molecule has 0 fully saturated rings. The Balaban J connectivity index is 2.91. The second-order valence-electron chi connectivity index (χ2n) is 7.98. The van der Waals surface area contributed by atoms with Crippen molar-refractivity contribution >= 4 is 5.52 Å². The Morgan fingerprint density at radius 2 is 1.60 bits per heavy atom. The molecule has 0 bridgehead atoms. The maximum atomic E-state index is 4.93. The summed E-state index contributed by atoms with van der Waals surface area (Å²) in [5, 5.41) is 4.58. The van der Waals surface area contributed by atoms with Crippen molar-refractivity contribution in [1.82, 2.24) is 14.6 Å². The molecule has 2 heterocycles. The lowest BCUT2D eigenvalue weighted by Gasteiger charge is -2.21. The normalized spacial score (nSPS) is 13.4. The van der Waals surface area contributed by atoms with Crippen molar-refractivity contribution in [2.24, 2.45) is 0 Å². The van der Waals surface area contributed by atoms with Crippen molar-refractivity contribution in [3.05, 3.63) is 29.3 Å². The highest BCUT2D eigenvalue weighted by atomic mass is 15.3. The number of rotatable bonds is 1. The molecule has 3 heteroatoms. The molecular formula is C17H27N3. The van der Waals surface area contributed by atoms with Gasteiger partial charge in [-0.25, -0.2) is 9.50 Å². The van der Waals surface area contributed by atoms with Crippen LogP contribution in [0.25, 0.3) is 5.52 Å². The van der Waals surface area contributed by atoms with Crippen LogP contribution in [0.3, 0.4) is 0 Å². The van der Waals surface area contributed by atoms with Crippen molar-refractivity contribution in [2.45, 2.75) is 72.1 Å². The van der Waals surface area contributed by atoms with Gasteiger partial charge < -0.3 is 0 Å². The molecule has 0 radical (unpaired) electrons. The van der Waals surface area contributed by atoms with E-state index in [4.69, 9.17) is 4.98 Å². The molecule has 0 spiro atoms. The highest BCUT2D eigenvalue weighted by Gasteiger charge is 2.28. The first-order valence-electron chi connectivity index (χ1n) is 7.42. The third kappa shape index (κ3) is 2.46. The number of hydrogen-bond donors (Lipinski definition) is 0. The van der Waals surface area contributed by atoms with Crippen LogP contribution in [0.15, 0.2) is 12.3 Å². The summed E-state index contributed by atoms with van der Waals surface area (Å²) in [7, 11) is 0. The van der Waals surface area contributed by atoms with E-state index < -0.39 is 0 Å². The Morgan fingerprint density at radius 1 is 1.00 bits per heavy atom. The van der Waals surface area contributed by atoms with Crippen LogP contribution in [0.2, 0.25) is 0 Å². The fourth-order valence-corrected chi connectivity index (χ4v) is 2.54. The predicted molar refractivity (Wildman–Crippen MR) is 84.5 cm³/mol. The molecule has 110 valence electrons. The zero-order chi connectivity index (χ0) is 15.3. The fraction of sp³-hybridized carbons (Fsp3) is 0.647. The molecule has 2 aromatic heterocycles. The van der Waals surface area contributed by atoms with E-state index in [1.165, 1.54) is 11.1 Å². The molecule has 0 aromatic carbocycles. The highest BCUT2D eigenvalue weighted by Crippen LogP contribution is 2.34. The monoisotopic (exact) mass is 273 g/mol. The molecule has 20 heavy (non-hydrogen) atoms. The Bertz CT molecular complexity index is 622. The number of nitrogens with zero attached hydrogens (tertiary/aromatic N) is 3. The van der Waals surface area contributed by atoms with Gasteiger partial charge in [-0.3, -0.25) is 0 Å². The van der Waals surface area contributed by atoms with Gasteiger partial charge in [-0.1, -0.05) is 55.4 Å². The molecule has 0 aliphatic heterocycles. The van der Waals surface area contributed by atoms with E-state index >= 15 is 0 Å². The lowest BCUT2D eigenvalue weighted by atomic mass is 9.86. The van der Waals surface area contributed by atoms with E-state index in [1.807, 2.05) is 6.20 Å². The minimum Gasteiger partial charge on any atom is -0.235 e. The van der Waals surface area contributed by atoms with E-state index in [0.717, 1.165) is 11.5 Å². The zero-order valence-corrected chi connectivity index (χ0v) is 14.1. The molecule has 0 N–H and O–H groups in total. The third-order valence-corrected chi connectivity index (χ3v) is 3.59. The lowest BCUT2D eigenvalue weighted by molar-refractivity contribution is 0.525. The summed E-state index contributed by atoms with van der Waals surface area (Å²) in [4.78, 5) is 4.93. The molecule has 0 unspecified atom stereocenters. The first kappa shape index (κ1) is 15.0. The van der Waals surface area contributed by atoms with Crippen LogP contribution in [0.1, 0.15) is 78.4 Å². The van der Waals surface area contributed by atoms with Crippen LogP contribution in [0.5, 0.6) is 0 Å². The topological polar surface area (TPSA) is 30.2 Å². The van der Waals surface area contributed by atoms with Gasteiger partial charge in [0.1, 0.15) is 5.82 Å². The largest absolute Gasteiger partial charge is 0.235 e. The lowest BCUT2D eigenvalue weighted by Crippen LogP contribution is -2.18. The summed E-state index contributed by atoms with van der Waals surface area (Å²) < 4.78 is 2.05. The molecule has 2 aromatic rings. The molecule has 0 aliphatic rings. The van der Waals surface area contributed by atoms with Gasteiger partial charge in [0.05, 0.1) is 11.2 Å². The number of aromatic nitrogens is 3. The average molecular weight is 273 g/mol. The molecule has 3 nitrogen and oxygen atoms in total. The maximum Gasteiger partial charge on any atom is 0.136 e. The van der Waals surface area contributed by atoms with Crippen molar-refractivity contribution < 1.29 is 0 Å². The smallest absolute Gasteiger partial charge is 0.136 e. The molecular weight excluding hydrogens is 246 g/mol. The van der Waals surface area contributed by atoms with Crippen LogP contribution < -0.4 is 0 Å². The SMILES string of the molecule is CC(C)c1nc(C(C)(C)C)n2nccc(C(C)(C)C)c12. The molecule has 2 rings (SSSR count). The van der Waals surface area contributed by atoms with Crippen LogP contribution in [0.4, 0.5) is 0 Å². The first-order valence-corrected chi connectivity index (χ1v) is 7.42. The molecule has 0 amide bonds. The molecule has 0 atom stereocenters. The Hall–Kier alpha value is -1.38. The minimum absolute atomic E-state index is 0.0143. The van der Waals surface area contributed by atoms with Gasteiger partial charge in [0.2, 0.25) is 0 Å². The summed E-state index contributed by atoms with van der Waals surface area (Å²) >= 11 is 0. The third-order valence-electron chi connectivity index (χ3n) is 3.59. The molecule has 0 saturated carbocycles. The number of imidazole rings is 1. The van der Waals surface area contributed by atoms with Crippen molar-refractivity contribution in [1.29, 1.82) is 0 Å². The van der Waals surface area contributed by atoms with Crippen LogP contribution >= 0.6 is 0 Å². The van der Waals surface area contributed by atoms with Crippen LogP contribution in [0, 0.1) is 0 Å². The first-order chi connectivity index (χ1) is 9.03. The Labute approximate surface area is 122 Å². The summed E-state index contributed by atoms with van der Waals surface area (Å²) in [5.74, 6) is 1.44. The Morgan fingerprint density at radius 3 is 2.05 bits per heavy atom. The number of fused-ring (bicyclic) bond motifs is 1. The van der Waals surface area contributed by atoms with E-state index in [-0.39, 0.29) is 10.8 Å². The summed E-state index contributed by atoms with van der Waals surface area (Å²) in [6.07, 6.45) is 1.90. The van der Waals surface area contributed by atoms with Crippen molar-refractivity contribution in [3.8, 4) is 0 Å². The van der Waals surface area contributed by atoms with Gasteiger partial charge in [-0.15, -0.1) is 0 Å². The summed E-state index contributed by atoms with van der Waals surface area (Å²) in [6.45, 7) is 17.7. The summed E-state index contributed by atoms with van der Waals surface area (Å²) in [5.41, 5.74) is 3.75. The van der Waals surface area contributed by atoms with Gasteiger partial charge in [-0.05, 0) is 23.0 Å². The van der Waals surface area contributed by atoms with Gasteiger partial charge in [-0.2, -0.15) is 5.10 Å². The van der Waals surface area contributed by atoms with Gasteiger partial charge in [0.25, 0.3) is 0 Å². The Kier molecular flexibility index (Phi) is 3.43. The molecule has 0 saturated heterocycles. The van der Waals surface area contributed by atoms with Crippen LogP contribution in [-0.4, -0.2) is 14.6 Å². The van der Waals surface area contributed by atoms with Gasteiger partial charge in [0.15, 0.2) is 0 Å². The summed E-state index contributed by atoms with van der Waals surface area (Å²) in [6, 6.07) is 2.13. The van der Waals surface area contributed by atoms with E-state index in [0.29, 0.717) is 5.92 Å². The highest BCUT2D eigenvalue weighted by molar-refractivity contribution is 5.62. The second kappa shape index (κ2) is 4.57. The van der Waals surface area contributed by atoms with E-state index in [1.54, 1.807) is 0 Å². The quantitative estimate of drug-likeness (QED) is 0.768. The minimum atomic E-state index is -0.0143.